The van der Waals surface area contributed by atoms with Crippen molar-refractivity contribution in [3.05, 3.63) is 58.4 Å². The van der Waals surface area contributed by atoms with Gasteiger partial charge in [-0.25, -0.2) is 28.1 Å². The van der Waals surface area contributed by atoms with Gasteiger partial charge in [-0.2, -0.15) is 10.1 Å². The van der Waals surface area contributed by atoms with E-state index in [1.807, 2.05) is 56.6 Å². The summed E-state index contributed by atoms with van der Waals surface area (Å²) in [4.78, 5) is 20.9. The van der Waals surface area contributed by atoms with Gasteiger partial charge in [-0.3, -0.25) is 4.68 Å². The lowest BCUT2D eigenvalue weighted by atomic mass is 10.0. The van der Waals surface area contributed by atoms with Crippen LogP contribution in [0.3, 0.4) is 0 Å². The zero-order valence-corrected chi connectivity index (χ0v) is 24.8. The predicted molar refractivity (Wildman–Crippen MR) is 154 cm³/mol. The molecule has 1 unspecified atom stereocenters. The minimum absolute atomic E-state index is 0.0350. The second-order valence-corrected chi connectivity index (χ2v) is 11.4. The molecule has 1 aromatic carbocycles. The van der Waals surface area contributed by atoms with Crippen molar-refractivity contribution in [1.29, 1.82) is 0 Å². The van der Waals surface area contributed by atoms with E-state index in [0.717, 1.165) is 18.4 Å². The van der Waals surface area contributed by atoms with Crippen molar-refractivity contribution < 1.29 is 17.9 Å². The lowest BCUT2D eigenvalue weighted by molar-refractivity contribution is -0.0450. The molecule has 7 rings (SSSR count). The van der Waals surface area contributed by atoms with E-state index in [2.05, 4.69) is 15.1 Å². The lowest BCUT2D eigenvalue weighted by Crippen LogP contribution is -2.43. The SMILES string of the molecule is CC.Cc1nc2nc(N3C[C@@H](C)O[C@@H](c4cnn(C5CC5)c4)C3)nc(-c3ccc4c(c3F)CC(C)C4(F)F)c2nc1C. The minimum Gasteiger partial charge on any atom is -0.367 e. The van der Waals surface area contributed by atoms with Crippen LogP contribution in [0, 0.1) is 25.6 Å². The summed E-state index contributed by atoms with van der Waals surface area (Å²) in [6.45, 7) is 12.1. The Morgan fingerprint density at radius 2 is 1.71 bits per heavy atom. The van der Waals surface area contributed by atoms with Gasteiger partial charge in [-0.15, -0.1) is 0 Å². The molecule has 3 aliphatic rings. The highest BCUT2D eigenvalue weighted by atomic mass is 19.3. The number of nitrogens with zero attached hydrogens (tertiary/aromatic N) is 7. The second kappa shape index (κ2) is 10.6. The van der Waals surface area contributed by atoms with E-state index >= 15 is 4.39 Å². The zero-order chi connectivity index (χ0) is 29.9. The molecule has 0 radical (unpaired) electrons. The largest absolute Gasteiger partial charge is 0.367 e. The molecule has 3 atom stereocenters. The van der Waals surface area contributed by atoms with Crippen molar-refractivity contribution in [1.82, 2.24) is 29.7 Å². The molecule has 3 aromatic heterocycles. The number of benzene rings is 1. The van der Waals surface area contributed by atoms with Crippen LogP contribution in [0.4, 0.5) is 19.1 Å². The molecule has 8 nitrogen and oxygen atoms in total. The number of halogens is 3. The summed E-state index contributed by atoms with van der Waals surface area (Å²) in [6, 6.07) is 3.18. The Bertz CT molecular complexity index is 1650. The van der Waals surface area contributed by atoms with Crippen LogP contribution in [-0.2, 0) is 17.1 Å². The van der Waals surface area contributed by atoms with E-state index in [1.165, 1.54) is 19.1 Å². The highest BCUT2D eigenvalue weighted by Gasteiger charge is 2.47. The summed E-state index contributed by atoms with van der Waals surface area (Å²) in [7, 11) is 0. The van der Waals surface area contributed by atoms with Crippen molar-refractivity contribution in [3.8, 4) is 11.3 Å². The summed E-state index contributed by atoms with van der Waals surface area (Å²) in [6.07, 6.45) is 5.75. The molecule has 0 bridgehead atoms. The fourth-order valence-electron chi connectivity index (χ4n) is 5.80. The second-order valence-electron chi connectivity index (χ2n) is 11.4. The number of hydrogen-bond donors (Lipinski definition) is 0. The van der Waals surface area contributed by atoms with Crippen LogP contribution in [-0.4, -0.2) is 48.9 Å². The van der Waals surface area contributed by atoms with Gasteiger partial charge in [0.1, 0.15) is 23.1 Å². The number of alkyl halides is 2. The summed E-state index contributed by atoms with van der Waals surface area (Å²) < 4.78 is 53.7. The molecule has 42 heavy (non-hydrogen) atoms. The quantitative estimate of drug-likeness (QED) is 0.268. The molecule has 1 aliphatic heterocycles. The molecular weight excluding hydrogens is 543 g/mol. The smallest absolute Gasteiger partial charge is 0.276 e. The molecule has 0 N–H and O–H groups in total. The van der Waals surface area contributed by atoms with Crippen LogP contribution < -0.4 is 4.90 Å². The first-order chi connectivity index (χ1) is 20.1. The van der Waals surface area contributed by atoms with Crippen LogP contribution >= 0.6 is 0 Å². The van der Waals surface area contributed by atoms with E-state index in [9.17, 15) is 8.78 Å². The van der Waals surface area contributed by atoms with Crippen molar-refractivity contribution in [2.45, 2.75) is 85.0 Å². The number of morpholine rings is 1. The van der Waals surface area contributed by atoms with Crippen molar-refractivity contribution in [2.75, 3.05) is 18.0 Å². The molecule has 2 fully saturated rings. The Labute approximate surface area is 243 Å². The maximum atomic E-state index is 16.0. The van der Waals surface area contributed by atoms with Gasteiger partial charge in [0.25, 0.3) is 5.92 Å². The van der Waals surface area contributed by atoms with Crippen molar-refractivity contribution in [3.63, 3.8) is 0 Å². The highest BCUT2D eigenvalue weighted by Crippen LogP contribution is 2.48. The van der Waals surface area contributed by atoms with Crippen LogP contribution in [0.5, 0.6) is 0 Å². The number of fused-ring (bicyclic) bond motifs is 2. The van der Waals surface area contributed by atoms with E-state index in [0.29, 0.717) is 47.6 Å². The van der Waals surface area contributed by atoms with Crippen molar-refractivity contribution in [2.24, 2.45) is 5.92 Å². The summed E-state index contributed by atoms with van der Waals surface area (Å²) in [5.74, 6) is -4.37. The first-order valence-electron chi connectivity index (χ1n) is 14.8. The summed E-state index contributed by atoms with van der Waals surface area (Å²) >= 11 is 0. The van der Waals surface area contributed by atoms with Gasteiger partial charge in [0, 0.05) is 35.3 Å². The zero-order valence-electron chi connectivity index (χ0n) is 24.8. The van der Waals surface area contributed by atoms with Gasteiger partial charge in [0.2, 0.25) is 5.95 Å². The van der Waals surface area contributed by atoms with Gasteiger partial charge < -0.3 is 9.64 Å². The third-order valence-electron chi connectivity index (χ3n) is 8.37. The van der Waals surface area contributed by atoms with Crippen LogP contribution in [0.2, 0.25) is 0 Å². The van der Waals surface area contributed by atoms with Gasteiger partial charge in [0.15, 0.2) is 5.65 Å². The van der Waals surface area contributed by atoms with E-state index in [4.69, 9.17) is 14.7 Å². The third-order valence-corrected chi connectivity index (χ3v) is 8.37. The topological polar surface area (TPSA) is 81.9 Å². The average molecular weight is 580 g/mol. The van der Waals surface area contributed by atoms with Gasteiger partial charge in [0.05, 0.1) is 36.3 Å². The summed E-state index contributed by atoms with van der Waals surface area (Å²) in [5, 5.41) is 4.52. The number of anilines is 1. The number of aromatic nitrogens is 6. The van der Waals surface area contributed by atoms with E-state index in [1.54, 1.807) is 0 Å². The van der Waals surface area contributed by atoms with Crippen LogP contribution in [0.25, 0.3) is 22.4 Å². The Morgan fingerprint density at radius 3 is 2.45 bits per heavy atom. The molecule has 11 heteroatoms. The van der Waals surface area contributed by atoms with Gasteiger partial charge in [-0.05, 0) is 51.7 Å². The van der Waals surface area contributed by atoms with Gasteiger partial charge in [-0.1, -0.05) is 26.8 Å². The molecule has 222 valence electrons. The Kier molecular flexibility index (Phi) is 7.19. The Balaban J connectivity index is 0.00000155. The van der Waals surface area contributed by atoms with Crippen molar-refractivity contribution >= 4 is 17.1 Å². The van der Waals surface area contributed by atoms with Gasteiger partial charge >= 0.3 is 0 Å². The molecular formula is C31H36F3N7O. The number of ether oxygens (including phenoxy) is 1. The predicted octanol–water partition coefficient (Wildman–Crippen LogP) is 6.65. The van der Waals surface area contributed by atoms with E-state index in [-0.39, 0.29) is 41.0 Å². The minimum atomic E-state index is -3.08. The molecule has 1 saturated heterocycles. The molecule has 4 aromatic rings. The molecule has 4 heterocycles. The fourth-order valence-corrected chi connectivity index (χ4v) is 5.80. The number of rotatable bonds is 4. The first kappa shape index (κ1) is 28.5. The third kappa shape index (κ3) is 4.81. The van der Waals surface area contributed by atoms with Crippen LogP contribution in [0.1, 0.15) is 80.8 Å². The monoisotopic (exact) mass is 579 g/mol. The molecule has 1 saturated carbocycles. The molecule has 0 amide bonds. The molecule has 0 spiro atoms. The Morgan fingerprint density at radius 1 is 0.976 bits per heavy atom. The maximum absolute atomic E-state index is 16.0. The normalized spacial score (nSPS) is 23.1. The lowest BCUT2D eigenvalue weighted by Gasteiger charge is -2.36. The van der Waals surface area contributed by atoms with Crippen LogP contribution in [0.15, 0.2) is 24.5 Å². The Hall–Kier alpha value is -3.60. The fraction of sp³-hybridized carbons (Fsp3) is 0.516. The standard InChI is InChI=1S/C29H30F3N7O.C2H6/c1-14-9-21-22(29(14,31)32)8-7-20(24(21)30)25-26-27(35-17(4)16(3)34-26)37-28(36-25)38-11-15(2)40-23(13-38)18-10-33-39(12-18)19-5-6-19;1-2/h7-8,10,12,14-15,19,23H,5-6,9,11,13H2,1-4H3;1-2H3/t14?,15-,23-;/m1./s1. The maximum Gasteiger partial charge on any atom is 0.276 e. The summed E-state index contributed by atoms with van der Waals surface area (Å²) in [5.41, 5.74) is 3.17. The number of hydrogen-bond acceptors (Lipinski definition) is 7. The number of aryl methyl sites for hydroxylation is 2. The van der Waals surface area contributed by atoms with E-state index < -0.39 is 17.7 Å². The average Bonchev–Trinajstić information content (AvgIpc) is 3.64. The highest BCUT2D eigenvalue weighted by molar-refractivity contribution is 5.88. The molecule has 2 aliphatic carbocycles. The first-order valence-corrected chi connectivity index (χ1v) is 14.8.